The highest BCUT2D eigenvalue weighted by Gasteiger charge is 2.10. The van der Waals surface area contributed by atoms with Gasteiger partial charge in [0.15, 0.2) is 0 Å². The number of carbonyl (C=O) groups is 1. The molecule has 0 aromatic heterocycles. The molecule has 3 N–H and O–H groups in total. The van der Waals surface area contributed by atoms with Gasteiger partial charge in [-0.3, -0.25) is 4.79 Å². The number of ether oxygens (including phenoxy) is 2. The summed E-state index contributed by atoms with van der Waals surface area (Å²) in [5, 5.41) is 2.72. The molecule has 0 saturated carbocycles. The van der Waals surface area contributed by atoms with E-state index >= 15 is 0 Å². The molecule has 0 aliphatic carbocycles. The fourth-order valence-electron chi connectivity index (χ4n) is 1.36. The molecular formula is C13H18N2O3. The number of rotatable bonds is 7. The van der Waals surface area contributed by atoms with Crippen LogP contribution in [0.25, 0.3) is 0 Å². The first-order chi connectivity index (χ1) is 8.69. The van der Waals surface area contributed by atoms with Gasteiger partial charge in [0, 0.05) is 12.2 Å². The molecular weight excluding hydrogens is 232 g/mol. The number of amides is 1. The number of carbonyl (C=O) groups excluding carboxylic acids is 1. The normalized spacial score (nSPS) is 9.83. The second kappa shape index (κ2) is 7.34. The minimum atomic E-state index is -0.242. The van der Waals surface area contributed by atoms with Crippen LogP contribution in [0.1, 0.15) is 10.4 Å². The van der Waals surface area contributed by atoms with E-state index in [0.29, 0.717) is 36.8 Å². The van der Waals surface area contributed by atoms with E-state index in [2.05, 4.69) is 11.9 Å². The summed E-state index contributed by atoms with van der Waals surface area (Å²) in [6.07, 6.45) is 1.65. The van der Waals surface area contributed by atoms with E-state index in [0.717, 1.165) is 0 Å². The lowest BCUT2D eigenvalue weighted by atomic mass is 10.1. The predicted octanol–water partition coefficient (Wildman–Crippen LogP) is 1.21. The Hall–Kier alpha value is -2.01. The SMILES string of the molecule is C=CCOCCNC(=O)c1cc(OC)ccc1N. The Labute approximate surface area is 107 Å². The third-order valence-electron chi connectivity index (χ3n) is 2.27. The molecule has 0 aliphatic rings. The monoisotopic (exact) mass is 250 g/mol. The van der Waals surface area contributed by atoms with Gasteiger partial charge in [-0.1, -0.05) is 6.08 Å². The van der Waals surface area contributed by atoms with Crippen LogP contribution in [0.15, 0.2) is 30.9 Å². The van der Waals surface area contributed by atoms with E-state index in [-0.39, 0.29) is 5.91 Å². The van der Waals surface area contributed by atoms with Gasteiger partial charge in [0.05, 0.1) is 25.9 Å². The lowest BCUT2D eigenvalue weighted by molar-refractivity contribution is 0.0929. The van der Waals surface area contributed by atoms with E-state index in [9.17, 15) is 4.79 Å². The Kier molecular flexibility index (Phi) is 5.73. The second-order valence-electron chi connectivity index (χ2n) is 3.57. The lowest BCUT2D eigenvalue weighted by Gasteiger charge is -2.09. The maximum absolute atomic E-state index is 11.8. The third kappa shape index (κ3) is 4.10. The molecule has 1 amide bonds. The lowest BCUT2D eigenvalue weighted by Crippen LogP contribution is -2.28. The molecule has 0 fully saturated rings. The van der Waals surface area contributed by atoms with Gasteiger partial charge < -0.3 is 20.5 Å². The number of hydrogen-bond acceptors (Lipinski definition) is 4. The zero-order valence-corrected chi connectivity index (χ0v) is 10.4. The van der Waals surface area contributed by atoms with Gasteiger partial charge in [0.2, 0.25) is 0 Å². The molecule has 0 aliphatic heterocycles. The van der Waals surface area contributed by atoms with Crippen molar-refractivity contribution in [3.63, 3.8) is 0 Å². The smallest absolute Gasteiger partial charge is 0.253 e. The van der Waals surface area contributed by atoms with Gasteiger partial charge in [0.25, 0.3) is 5.91 Å². The standard InChI is InChI=1S/C13H18N2O3/c1-3-7-18-8-6-15-13(16)11-9-10(17-2)4-5-12(11)14/h3-5,9H,1,6-8,14H2,2H3,(H,15,16). The van der Waals surface area contributed by atoms with Crippen molar-refractivity contribution < 1.29 is 14.3 Å². The quantitative estimate of drug-likeness (QED) is 0.433. The summed E-state index contributed by atoms with van der Waals surface area (Å²) in [5.74, 6) is 0.353. The zero-order valence-electron chi connectivity index (χ0n) is 10.4. The van der Waals surface area contributed by atoms with Crippen molar-refractivity contribution in [1.82, 2.24) is 5.32 Å². The van der Waals surface area contributed by atoms with Crippen LogP contribution in [0.2, 0.25) is 0 Å². The number of anilines is 1. The molecule has 0 bridgehead atoms. The Bertz CT molecular complexity index is 419. The number of nitrogen functional groups attached to an aromatic ring is 1. The van der Waals surface area contributed by atoms with Crippen molar-refractivity contribution in [1.29, 1.82) is 0 Å². The maximum atomic E-state index is 11.8. The number of benzene rings is 1. The van der Waals surface area contributed by atoms with E-state index < -0.39 is 0 Å². The van der Waals surface area contributed by atoms with Crippen LogP contribution < -0.4 is 15.8 Å². The van der Waals surface area contributed by atoms with Crippen molar-refractivity contribution >= 4 is 11.6 Å². The van der Waals surface area contributed by atoms with Crippen molar-refractivity contribution in [2.45, 2.75) is 0 Å². The summed E-state index contributed by atoms with van der Waals surface area (Å²) in [5.41, 5.74) is 6.55. The van der Waals surface area contributed by atoms with Crippen LogP contribution >= 0.6 is 0 Å². The number of nitrogens with two attached hydrogens (primary N) is 1. The van der Waals surface area contributed by atoms with Gasteiger partial charge >= 0.3 is 0 Å². The van der Waals surface area contributed by atoms with E-state index in [1.165, 1.54) is 7.11 Å². The van der Waals surface area contributed by atoms with Crippen LogP contribution in [0, 0.1) is 0 Å². The topological polar surface area (TPSA) is 73.6 Å². The Morgan fingerprint density at radius 3 is 3.00 bits per heavy atom. The molecule has 5 heteroatoms. The fraction of sp³-hybridized carbons (Fsp3) is 0.308. The summed E-state index contributed by atoms with van der Waals surface area (Å²) in [4.78, 5) is 11.8. The summed E-state index contributed by atoms with van der Waals surface area (Å²) >= 11 is 0. The second-order valence-corrected chi connectivity index (χ2v) is 3.57. The van der Waals surface area contributed by atoms with Gasteiger partial charge in [0.1, 0.15) is 5.75 Å². The summed E-state index contributed by atoms with van der Waals surface area (Å²) in [6, 6.07) is 4.95. The average molecular weight is 250 g/mol. The largest absolute Gasteiger partial charge is 0.497 e. The Morgan fingerprint density at radius 2 is 2.33 bits per heavy atom. The highest BCUT2D eigenvalue weighted by Crippen LogP contribution is 2.19. The molecule has 1 aromatic rings. The zero-order chi connectivity index (χ0) is 13.4. The number of nitrogens with one attached hydrogen (secondary N) is 1. The highest BCUT2D eigenvalue weighted by atomic mass is 16.5. The van der Waals surface area contributed by atoms with Crippen LogP contribution in [-0.4, -0.2) is 32.8 Å². The van der Waals surface area contributed by atoms with Crippen molar-refractivity contribution in [3.8, 4) is 5.75 Å². The maximum Gasteiger partial charge on any atom is 0.253 e. The first-order valence-corrected chi connectivity index (χ1v) is 5.59. The van der Waals surface area contributed by atoms with E-state index in [4.69, 9.17) is 15.2 Å². The van der Waals surface area contributed by atoms with Gasteiger partial charge in [-0.25, -0.2) is 0 Å². The molecule has 1 aromatic carbocycles. The van der Waals surface area contributed by atoms with Crippen LogP contribution in [0.3, 0.4) is 0 Å². The summed E-state index contributed by atoms with van der Waals surface area (Å²) in [7, 11) is 1.54. The molecule has 0 heterocycles. The Balaban J connectivity index is 2.52. The van der Waals surface area contributed by atoms with Gasteiger partial charge in [-0.15, -0.1) is 6.58 Å². The minimum absolute atomic E-state index is 0.242. The van der Waals surface area contributed by atoms with Crippen LogP contribution in [0.4, 0.5) is 5.69 Å². The van der Waals surface area contributed by atoms with Crippen molar-refractivity contribution in [2.75, 3.05) is 32.6 Å². The van der Waals surface area contributed by atoms with E-state index in [1.54, 1.807) is 24.3 Å². The first kappa shape index (κ1) is 14.1. The molecule has 0 radical (unpaired) electrons. The van der Waals surface area contributed by atoms with Gasteiger partial charge in [-0.2, -0.15) is 0 Å². The van der Waals surface area contributed by atoms with E-state index in [1.807, 2.05) is 0 Å². The number of hydrogen-bond donors (Lipinski definition) is 2. The van der Waals surface area contributed by atoms with Crippen LogP contribution in [-0.2, 0) is 4.74 Å². The van der Waals surface area contributed by atoms with Gasteiger partial charge in [-0.05, 0) is 18.2 Å². The molecule has 0 saturated heterocycles. The summed E-state index contributed by atoms with van der Waals surface area (Å²) in [6.45, 7) is 4.85. The number of methoxy groups -OCH3 is 1. The first-order valence-electron chi connectivity index (χ1n) is 5.59. The Morgan fingerprint density at radius 1 is 1.56 bits per heavy atom. The highest BCUT2D eigenvalue weighted by molar-refractivity contribution is 5.99. The fourth-order valence-corrected chi connectivity index (χ4v) is 1.36. The molecule has 0 unspecified atom stereocenters. The van der Waals surface area contributed by atoms with Crippen molar-refractivity contribution in [2.24, 2.45) is 0 Å². The molecule has 0 spiro atoms. The molecule has 98 valence electrons. The minimum Gasteiger partial charge on any atom is -0.497 e. The van der Waals surface area contributed by atoms with Crippen LogP contribution in [0.5, 0.6) is 5.75 Å². The molecule has 18 heavy (non-hydrogen) atoms. The third-order valence-corrected chi connectivity index (χ3v) is 2.27. The van der Waals surface area contributed by atoms with Crippen molar-refractivity contribution in [3.05, 3.63) is 36.4 Å². The molecule has 0 atom stereocenters. The summed E-state index contributed by atoms with van der Waals surface area (Å²) < 4.78 is 10.2. The molecule has 1 rings (SSSR count). The molecule has 5 nitrogen and oxygen atoms in total. The average Bonchev–Trinajstić information content (AvgIpc) is 2.39. The predicted molar refractivity (Wildman–Crippen MR) is 70.8 cm³/mol.